The van der Waals surface area contributed by atoms with Crippen molar-refractivity contribution < 1.29 is 13.6 Å². The topological polar surface area (TPSA) is 17.1 Å². The van der Waals surface area contributed by atoms with E-state index in [4.69, 9.17) is 0 Å². The summed E-state index contributed by atoms with van der Waals surface area (Å²) in [5.41, 5.74) is 0. The molecule has 42 valence electrons. The first kappa shape index (κ1) is 6.53. The van der Waals surface area contributed by atoms with Crippen LogP contribution in [0.15, 0.2) is 0 Å². The van der Waals surface area contributed by atoms with Gasteiger partial charge in [-0.3, -0.25) is 4.79 Å². The molecule has 0 bridgehead atoms. The lowest BCUT2D eigenvalue weighted by Gasteiger charge is -1.88. The van der Waals surface area contributed by atoms with Crippen molar-refractivity contribution in [1.29, 1.82) is 0 Å². The zero-order valence-corrected chi connectivity index (χ0v) is 3.95. The summed E-state index contributed by atoms with van der Waals surface area (Å²) in [5, 5.41) is 0. The summed E-state index contributed by atoms with van der Waals surface area (Å²) < 4.78 is 22.1. The highest BCUT2D eigenvalue weighted by atomic mass is 19.3. The van der Waals surface area contributed by atoms with Gasteiger partial charge in [-0.05, 0) is 6.92 Å². The second-order valence-corrected chi connectivity index (χ2v) is 1.30. The number of hydrogen-bond donors (Lipinski definition) is 0. The van der Waals surface area contributed by atoms with Crippen LogP contribution in [0.1, 0.15) is 13.3 Å². The molecule has 0 N–H and O–H groups in total. The first-order chi connectivity index (χ1) is 3.13. The van der Waals surface area contributed by atoms with Gasteiger partial charge in [0.05, 0.1) is 6.42 Å². The van der Waals surface area contributed by atoms with Crippen molar-refractivity contribution in [2.24, 2.45) is 0 Å². The molecule has 1 nitrogen and oxygen atoms in total. The Morgan fingerprint density at radius 2 is 2.14 bits per heavy atom. The summed E-state index contributed by atoms with van der Waals surface area (Å²) in [6.07, 6.45) is -3.09. The Morgan fingerprint density at radius 1 is 1.71 bits per heavy atom. The van der Waals surface area contributed by atoms with E-state index in [0.29, 0.717) is 0 Å². The van der Waals surface area contributed by atoms with E-state index < -0.39 is 18.6 Å². The molecule has 0 aliphatic carbocycles. The summed E-state index contributed by atoms with van der Waals surface area (Å²) in [5.74, 6) is -0.463. The normalized spacial score (nSPS) is 9.71. The lowest BCUT2D eigenvalue weighted by Crippen LogP contribution is -1.97. The molecule has 0 aromatic heterocycles. The summed E-state index contributed by atoms with van der Waals surface area (Å²) in [7, 11) is 0. The Hall–Kier alpha value is -0.470. The van der Waals surface area contributed by atoms with Crippen LogP contribution in [0.25, 0.3) is 0 Å². The van der Waals surface area contributed by atoms with Crippen LogP contribution in [0.3, 0.4) is 0 Å². The van der Waals surface area contributed by atoms with E-state index in [2.05, 4.69) is 0 Å². The largest absolute Gasteiger partial charge is 0.300 e. The number of halogens is 2. The fourth-order valence-corrected chi connectivity index (χ4v) is 0.217. The lowest BCUT2D eigenvalue weighted by molar-refractivity contribution is -0.119. The molecule has 0 fully saturated rings. The fraction of sp³-hybridized carbons (Fsp3) is 0.750. The van der Waals surface area contributed by atoms with Crippen LogP contribution in [0.5, 0.6) is 0 Å². The number of ketones is 1. The van der Waals surface area contributed by atoms with Crippen molar-refractivity contribution in [3.8, 4) is 0 Å². The van der Waals surface area contributed by atoms with Crippen molar-refractivity contribution in [3.63, 3.8) is 0 Å². The number of rotatable bonds is 2. The molecule has 0 aliphatic rings. The van der Waals surface area contributed by atoms with Crippen LogP contribution < -0.4 is 0 Å². The van der Waals surface area contributed by atoms with Gasteiger partial charge in [-0.25, -0.2) is 8.78 Å². The molecular weight excluding hydrogens is 102 g/mol. The third-order valence-corrected chi connectivity index (χ3v) is 0.442. The Morgan fingerprint density at radius 3 is 2.14 bits per heavy atom. The van der Waals surface area contributed by atoms with E-state index in [9.17, 15) is 13.6 Å². The second kappa shape index (κ2) is 2.66. The van der Waals surface area contributed by atoms with Gasteiger partial charge >= 0.3 is 0 Å². The molecular formula is C4H6F2O. The molecule has 0 aromatic rings. The van der Waals surface area contributed by atoms with Gasteiger partial charge in [0, 0.05) is 0 Å². The highest BCUT2D eigenvalue weighted by molar-refractivity contribution is 5.75. The summed E-state index contributed by atoms with van der Waals surface area (Å²) in [6.45, 7) is 1.14. The molecule has 3 heteroatoms. The molecule has 0 unspecified atom stereocenters. The smallest absolute Gasteiger partial charge is 0.245 e. The maximum atomic E-state index is 11.1. The Labute approximate surface area is 40.3 Å². The first-order valence-electron chi connectivity index (χ1n) is 1.90. The molecule has 0 heterocycles. The minimum atomic E-state index is -2.47. The van der Waals surface area contributed by atoms with Gasteiger partial charge in [0.1, 0.15) is 5.78 Å². The zero-order chi connectivity index (χ0) is 5.86. The molecule has 0 spiro atoms. The maximum absolute atomic E-state index is 11.1. The second-order valence-electron chi connectivity index (χ2n) is 1.30. The van der Waals surface area contributed by atoms with Gasteiger partial charge in [0.2, 0.25) is 6.43 Å². The minimum Gasteiger partial charge on any atom is -0.300 e. The van der Waals surface area contributed by atoms with Crippen LogP contribution >= 0.6 is 0 Å². The molecule has 0 rings (SSSR count). The van der Waals surface area contributed by atoms with E-state index in [0.717, 1.165) is 6.92 Å². The predicted octanol–water partition coefficient (Wildman–Crippen LogP) is 1.23. The molecule has 0 saturated heterocycles. The van der Waals surface area contributed by atoms with E-state index in [1.54, 1.807) is 0 Å². The number of carbonyl (C=O) groups excluding carboxylic acids is 1. The van der Waals surface area contributed by atoms with Crippen molar-refractivity contribution >= 4 is 5.78 Å². The first-order valence-corrected chi connectivity index (χ1v) is 1.90. The van der Waals surface area contributed by atoms with E-state index in [-0.39, 0.29) is 0 Å². The van der Waals surface area contributed by atoms with Crippen LogP contribution in [0, 0.1) is 0 Å². The Balaban J connectivity index is 3.13. The summed E-state index contributed by atoms with van der Waals surface area (Å²) in [4.78, 5) is 9.77. The van der Waals surface area contributed by atoms with Crippen LogP contribution in [0.4, 0.5) is 8.78 Å². The van der Waals surface area contributed by atoms with Crippen molar-refractivity contribution in [2.45, 2.75) is 19.8 Å². The molecule has 0 saturated carbocycles. The Bertz CT molecular complexity index is 70.1. The Kier molecular flexibility index (Phi) is 2.48. The quantitative estimate of drug-likeness (QED) is 0.520. The average molecular weight is 108 g/mol. The van der Waals surface area contributed by atoms with Crippen molar-refractivity contribution in [3.05, 3.63) is 0 Å². The molecule has 0 radical (unpaired) electrons. The standard InChI is InChI=1S/C4H6F2O/c1-3(7)2-4(5)6/h4H,2H2,1H3. The summed E-state index contributed by atoms with van der Waals surface area (Å²) in [6, 6.07) is 0. The third-order valence-electron chi connectivity index (χ3n) is 0.442. The van der Waals surface area contributed by atoms with Crippen LogP contribution in [-0.2, 0) is 4.79 Å². The van der Waals surface area contributed by atoms with Crippen LogP contribution in [0.2, 0.25) is 0 Å². The molecule has 7 heavy (non-hydrogen) atoms. The number of carbonyl (C=O) groups is 1. The van der Waals surface area contributed by atoms with Gasteiger partial charge < -0.3 is 0 Å². The average Bonchev–Trinajstić information content (AvgIpc) is 1.27. The van der Waals surface area contributed by atoms with E-state index in [1.807, 2.05) is 0 Å². The van der Waals surface area contributed by atoms with E-state index >= 15 is 0 Å². The van der Waals surface area contributed by atoms with Gasteiger partial charge in [0.25, 0.3) is 0 Å². The van der Waals surface area contributed by atoms with Gasteiger partial charge in [0.15, 0.2) is 0 Å². The summed E-state index contributed by atoms with van der Waals surface area (Å²) >= 11 is 0. The molecule has 0 aliphatic heterocycles. The zero-order valence-electron chi connectivity index (χ0n) is 3.95. The van der Waals surface area contributed by atoms with Crippen molar-refractivity contribution in [2.75, 3.05) is 0 Å². The van der Waals surface area contributed by atoms with Gasteiger partial charge in [-0.2, -0.15) is 0 Å². The highest BCUT2D eigenvalue weighted by Gasteiger charge is 2.03. The predicted molar refractivity (Wildman–Crippen MR) is 21.3 cm³/mol. The molecule has 0 aromatic carbocycles. The molecule has 0 atom stereocenters. The SMILES string of the molecule is CC(=O)CC(F)F. The number of hydrogen-bond acceptors (Lipinski definition) is 1. The fourth-order valence-electron chi connectivity index (χ4n) is 0.217. The third kappa shape index (κ3) is 5.53. The minimum absolute atomic E-state index is 0.463. The number of Topliss-reactive ketones (excluding diaryl/α,β-unsaturated/α-hetero) is 1. The number of alkyl halides is 2. The maximum Gasteiger partial charge on any atom is 0.245 e. The van der Waals surface area contributed by atoms with E-state index in [1.165, 1.54) is 0 Å². The van der Waals surface area contributed by atoms with Gasteiger partial charge in [-0.1, -0.05) is 0 Å². The lowest BCUT2D eigenvalue weighted by atomic mass is 10.3. The van der Waals surface area contributed by atoms with Crippen LogP contribution in [-0.4, -0.2) is 12.2 Å². The monoisotopic (exact) mass is 108 g/mol. The van der Waals surface area contributed by atoms with Crippen molar-refractivity contribution in [1.82, 2.24) is 0 Å². The highest BCUT2D eigenvalue weighted by Crippen LogP contribution is 1.97. The van der Waals surface area contributed by atoms with Gasteiger partial charge in [-0.15, -0.1) is 0 Å². The molecule has 0 amide bonds.